The third-order valence-electron chi connectivity index (χ3n) is 5.95. The molecular weight excluding hydrogens is 428 g/mol. The second kappa shape index (κ2) is 28.1. The van der Waals surface area contributed by atoms with Crippen molar-refractivity contribution in [3.8, 4) is 0 Å². The molecule has 0 spiro atoms. The van der Waals surface area contributed by atoms with Crippen molar-refractivity contribution >= 4 is 11.9 Å². The van der Waals surface area contributed by atoms with E-state index >= 15 is 0 Å². The zero-order valence-electron chi connectivity index (χ0n) is 22.6. The third kappa shape index (κ3) is 27.1. The Kier molecular flexibility index (Phi) is 27.2. The van der Waals surface area contributed by atoms with Crippen LogP contribution >= 0.6 is 0 Å². The summed E-state index contributed by atoms with van der Waals surface area (Å²) in [6, 6.07) is 0. The molecule has 0 saturated carbocycles. The van der Waals surface area contributed by atoms with Crippen LogP contribution in [0.5, 0.6) is 0 Å². The first-order chi connectivity index (χ1) is 16.7. The van der Waals surface area contributed by atoms with Crippen LogP contribution in [0.1, 0.15) is 129 Å². The van der Waals surface area contributed by atoms with Gasteiger partial charge in [-0.1, -0.05) is 65.2 Å². The van der Waals surface area contributed by atoms with Gasteiger partial charge in [-0.2, -0.15) is 0 Å². The van der Waals surface area contributed by atoms with Crippen molar-refractivity contribution < 1.29 is 19.1 Å². The van der Waals surface area contributed by atoms with E-state index in [4.69, 9.17) is 9.47 Å². The molecule has 0 aromatic carbocycles. The molecule has 2 N–H and O–H groups in total. The molecule has 0 aliphatic carbocycles. The van der Waals surface area contributed by atoms with Crippen LogP contribution in [-0.4, -0.2) is 51.3 Å². The van der Waals surface area contributed by atoms with E-state index in [2.05, 4.69) is 24.5 Å². The number of carbonyl (C=O) groups excluding carboxylic acids is 2. The second-order valence-electron chi connectivity index (χ2n) is 9.39. The molecule has 0 aliphatic heterocycles. The van der Waals surface area contributed by atoms with Crippen LogP contribution in [-0.2, 0) is 19.1 Å². The number of esters is 2. The molecule has 202 valence electrons. The largest absolute Gasteiger partial charge is 0.466 e. The van der Waals surface area contributed by atoms with Gasteiger partial charge in [-0.25, -0.2) is 0 Å². The van der Waals surface area contributed by atoms with Crippen molar-refractivity contribution in [3.63, 3.8) is 0 Å². The SMILES string of the molecule is CCCCCCOC(=O)CCCCNCCCCCCNCCCCC(=O)OCCCCCC. The highest BCUT2D eigenvalue weighted by atomic mass is 16.5. The van der Waals surface area contributed by atoms with E-state index in [1.807, 2.05) is 0 Å². The Morgan fingerprint density at radius 1 is 0.471 bits per heavy atom. The fourth-order valence-electron chi connectivity index (χ4n) is 3.72. The predicted molar refractivity (Wildman–Crippen MR) is 142 cm³/mol. The van der Waals surface area contributed by atoms with Gasteiger partial charge in [0.15, 0.2) is 0 Å². The van der Waals surface area contributed by atoms with Crippen LogP contribution in [0.3, 0.4) is 0 Å². The minimum absolute atomic E-state index is 0.0409. The summed E-state index contributed by atoms with van der Waals surface area (Å²) in [4.78, 5) is 23.3. The van der Waals surface area contributed by atoms with Crippen molar-refractivity contribution in [3.05, 3.63) is 0 Å². The van der Waals surface area contributed by atoms with Crippen LogP contribution in [0.2, 0.25) is 0 Å². The van der Waals surface area contributed by atoms with Gasteiger partial charge >= 0.3 is 11.9 Å². The number of carbonyl (C=O) groups is 2. The third-order valence-corrected chi connectivity index (χ3v) is 5.95. The highest BCUT2D eigenvalue weighted by Gasteiger charge is 2.03. The number of ether oxygens (including phenoxy) is 2. The molecule has 0 aromatic rings. The smallest absolute Gasteiger partial charge is 0.305 e. The highest BCUT2D eigenvalue weighted by molar-refractivity contribution is 5.69. The average Bonchev–Trinajstić information content (AvgIpc) is 2.83. The number of hydrogen-bond donors (Lipinski definition) is 2. The summed E-state index contributed by atoms with van der Waals surface area (Å²) in [6.45, 7) is 9.62. The van der Waals surface area contributed by atoms with E-state index in [0.717, 1.165) is 77.5 Å². The lowest BCUT2D eigenvalue weighted by atomic mass is 10.2. The van der Waals surface area contributed by atoms with Gasteiger partial charge in [-0.15, -0.1) is 0 Å². The molecule has 34 heavy (non-hydrogen) atoms. The molecule has 0 bridgehead atoms. The van der Waals surface area contributed by atoms with E-state index in [0.29, 0.717) is 26.1 Å². The normalized spacial score (nSPS) is 11.0. The summed E-state index contributed by atoms with van der Waals surface area (Å²) >= 11 is 0. The lowest BCUT2D eigenvalue weighted by molar-refractivity contribution is -0.144. The Morgan fingerprint density at radius 2 is 0.824 bits per heavy atom. The minimum atomic E-state index is -0.0409. The zero-order valence-corrected chi connectivity index (χ0v) is 22.6. The number of nitrogens with one attached hydrogen (secondary N) is 2. The van der Waals surface area contributed by atoms with Gasteiger partial charge in [-0.3, -0.25) is 9.59 Å². The average molecular weight is 485 g/mol. The van der Waals surface area contributed by atoms with Crippen LogP contribution in [0.25, 0.3) is 0 Å². The van der Waals surface area contributed by atoms with Gasteiger partial charge in [0.25, 0.3) is 0 Å². The van der Waals surface area contributed by atoms with Gasteiger partial charge in [-0.05, 0) is 77.5 Å². The maximum absolute atomic E-state index is 11.6. The molecule has 0 saturated heterocycles. The number of rotatable bonds is 27. The van der Waals surface area contributed by atoms with Gasteiger partial charge in [0.05, 0.1) is 13.2 Å². The first kappa shape index (κ1) is 32.9. The summed E-state index contributed by atoms with van der Waals surface area (Å²) in [5.41, 5.74) is 0. The summed E-state index contributed by atoms with van der Waals surface area (Å²) < 4.78 is 10.5. The van der Waals surface area contributed by atoms with Crippen molar-refractivity contribution in [2.24, 2.45) is 0 Å². The Morgan fingerprint density at radius 3 is 1.21 bits per heavy atom. The molecule has 6 heteroatoms. The molecule has 0 unspecified atom stereocenters. The number of hydrogen-bond acceptors (Lipinski definition) is 6. The molecule has 6 nitrogen and oxygen atoms in total. The quantitative estimate of drug-likeness (QED) is 0.105. The standard InChI is InChI=1S/C28H56N2O4/c1-3-5-7-17-25-33-27(31)19-11-15-23-29-21-13-9-10-14-22-30-24-16-12-20-28(32)34-26-18-8-6-4-2/h29-30H,3-26H2,1-2H3. The van der Waals surface area contributed by atoms with Crippen LogP contribution < -0.4 is 10.6 Å². The first-order valence-electron chi connectivity index (χ1n) is 14.4. The Hall–Kier alpha value is -1.14. The van der Waals surface area contributed by atoms with Crippen molar-refractivity contribution in [2.75, 3.05) is 39.4 Å². The monoisotopic (exact) mass is 484 g/mol. The summed E-state index contributed by atoms with van der Waals surface area (Å²) in [5.74, 6) is -0.0819. The van der Waals surface area contributed by atoms with Crippen LogP contribution in [0, 0.1) is 0 Å². The Labute approximate surface area is 210 Å². The van der Waals surface area contributed by atoms with Gasteiger partial charge in [0.2, 0.25) is 0 Å². The fraction of sp³-hybridized carbons (Fsp3) is 0.929. The van der Waals surface area contributed by atoms with E-state index < -0.39 is 0 Å². The van der Waals surface area contributed by atoms with Gasteiger partial charge < -0.3 is 20.1 Å². The molecule has 0 radical (unpaired) electrons. The van der Waals surface area contributed by atoms with E-state index in [1.165, 1.54) is 51.4 Å². The summed E-state index contributed by atoms with van der Waals surface area (Å²) in [5, 5.41) is 6.95. The number of unbranched alkanes of at least 4 members (excludes halogenated alkanes) is 11. The van der Waals surface area contributed by atoms with Gasteiger partial charge in [0, 0.05) is 12.8 Å². The molecule has 0 atom stereocenters. The lowest BCUT2D eigenvalue weighted by Crippen LogP contribution is -2.18. The molecule has 0 fully saturated rings. The molecule has 0 amide bonds. The molecule has 0 heterocycles. The summed E-state index contributed by atoms with van der Waals surface area (Å²) in [6.07, 6.45) is 19.1. The summed E-state index contributed by atoms with van der Waals surface area (Å²) in [7, 11) is 0. The van der Waals surface area contributed by atoms with Crippen molar-refractivity contribution in [2.45, 2.75) is 129 Å². The Balaban J connectivity index is 3.17. The first-order valence-corrected chi connectivity index (χ1v) is 14.4. The molecule has 0 aliphatic rings. The molecular formula is C28H56N2O4. The fourth-order valence-corrected chi connectivity index (χ4v) is 3.72. The highest BCUT2D eigenvalue weighted by Crippen LogP contribution is 2.03. The van der Waals surface area contributed by atoms with Crippen LogP contribution in [0.15, 0.2) is 0 Å². The van der Waals surface area contributed by atoms with E-state index in [-0.39, 0.29) is 11.9 Å². The minimum Gasteiger partial charge on any atom is -0.466 e. The maximum Gasteiger partial charge on any atom is 0.305 e. The van der Waals surface area contributed by atoms with Crippen molar-refractivity contribution in [1.82, 2.24) is 10.6 Å². The van der Waals surface area contributed by atoms with Gasteiger partial charge in [0.1, 0.15) is 0 Å². The lowest BCUT2D eigenvalue weighted by Gasteiger charge is -2.07. The van der Waals surface area contributed by atoms with Crippen molar-refractivity contribution in [1.29, 1.82) is 0 Å². The van der Waals surface area contributed by atoms with Crippen LogP contribution in [0.4, 0.5) is 0 Å². The Bertz CT molecular complexity index is 406. The predicted octanol–water partition coefficient (Wildman–Crippen LogP) is 6.31. The zero-order chi connectivity index (χ0) is 25.0. The van der Waals surface area contributed by atoms with E-state index in [9.17, 15) is 9.59 Å². The second-order valence-corrected chi connectivity index (χ2v) is 9.39. The molecule has 0 aromatic heterocycles. The maximum atomic E-state index is 11.6. The topological polar surface area (TPSA) is 76.7 Å². The van der Waals surface area contributed by atoms with E-state index in [1.54, 1.807) is 0 Å². The molecule has 0 rings (SSSR count).